The van der Waals surface area contributed by atoms with Crippen LogP contribution < -0.4 is 5.32 Å². The van der Waals surface area contributed by atoms with Crippen molar-refractivity contribution in [2.45, 2.75) is 40.2 Å². The molecule has 0 unspecified atom stereocenters. The fourth-order valence-electron chi connectivity index (χ4n) is 2.27. The average molecular weight is 273 g/mol. The number of hydrogen-bond acceptors (Lipinski definition) is 4. The predicted octanol–water partition coefficient (Wildman–Crippen LogP) is 2.03. The first-order chi connectivity index (χ1) is 9.49. The second-order valence-electron chi connectivity index (χ2n) is 5.45. The number of nitrogens with zero attached hydrogens (tertiary/aromatic N) is 4. The van der Waals surface area contributed by atoms with Gasteiger partial charge in [-0.2, -0.15) is 0 Å². The molecule has 0 bridgehead atoms. The summed E-state index contributed by atoms with van der Waals surface area (Å²) in [6, 6.07) is 0.505. The molecule has 20 heavy (non-hydrogen) atoms. The Labute approximate surface area is 120 Å². The number of imidazole rings is 1. The highest BCUT2D eigenvalue weighted by Crippen LogP contribution is 2.18. The predicted molar refractivity (Wildman–Crippen MR) is 80.6 cm³/mol. The maximum absolute atomic E-state index is 4.64. The van der Waals surface area contributed by atoms with Crippen molar-refractivity contribution in [3.05, 3.63) is 29.5 Å². The molecule has 0 radical (unpaired) electrons. The molecule has 0 saturated heterocycles. The van der Waals surface area contributed by atoms with E-state index in [0.717, 1.165) is 35.9 Å². The third-order valence-corrected chi connectivity index (χ3v) is 3.39. The van der Waals surface area contributed by atoms with Crippen LogP contribution in [0.2, 0.25) is 0 Å². The molecule has 5 nitrogen and oxygen atoms in total. The van der Waals surface area contributed by atoms with E-state index in [2.05, 4.69) is 48.0 Å². The summed E-state index contributed by atoms with van der Waals surface area (Å²) in [4.78, 5) is 13.4. The molecule has 5 heteroatoms. The van der Waals surface area contributed by atoms with Gasteiger partial charge in [-0.15, -0.1) is 0 Å². The molecule has 0 aromatic carbocycles. The SMILES string of the molecule is Cc1nc(-c2cncn2C)nc(C)c1CCNC(C)C. The summed E-state index contributed by atoms with van der Waals surface area (Å²) in [5.41, 5.74) is 4.30. The highest BCUT2D eigenvalue weighted by atomic mass is 15.1. The lowest BCUT2D eigenvalue weighted by molar-refractivity contribution is 0.587. The van der Waals surface area contributed by atoms with Crippen LogP contribution in [0.25, 0.3) is 11.5 Å². The van der Waals surface area contributed by atoms with Crippen LogP contribution in [-0.2, 0) is 13.5 Å². The van der Waals surface area contributed by atoms with Crippen molar-refractivity contribution in [2.24, 2.45) is 7.05 Å². The molecule has 0 aliphatic heterocycles. The van der Waals surface area contributed by atoms with Crippen molar-refractivity contribution in [1.82, 2.24) is 24.8 Å². The standard InChI is InChI=1S/C15H23N5/c1-10(2)17-7-6-13-11(3)18-15(19-12(13)4)14-8-16-9-20(14)5/h8-10,17H,6-7H2,1-5H3. The summed E-state index contributed by atoms with van der Waals surface area (Å²) < 4.78 is 1.94. The minimum Gasteiger partial charge on any atom is -0.331 e. The fraction of sp³-hybridized carbons (Fsp3) is 0.533. The summed E-state index contributed by atoms with van der Waals surface area (Å²) in [5, 5.41) is 3.43. The van der Waals surface area contributed by atoms with E-state index in [0.29, 0.717) is 6.04 Å². The second kappa shape index (κ2) is 6.13. The van der Waals surface area contributed by atoms with Gasteiger partial charge in [0.1, 0.15) is 5.69 Å². The van der Waals surface area contributed by atoms with E-state index < -0.39 is 0 Å². The lowest BCUT2D eigenvalue weighted by Crippen LogP contribution is -2.25. The molecule has 1 N–H and O–H groups in total. The zero-order chi connectivity index (χ0) is 14.7. The van der Waals surface area contributed by atoms with Gasteiger partial charge in [0, 0.05) is 24.5 Å². The van der Waals surface area contributed by atoms with Crippen molar-refractivity contribution in [3.63, 3.8) is 0 Å². The van der Waals surface area contributed by atoms with Crippen molar-refractivity contribution < 1.29 is 0 Å². The topological polar surface area (TPSA) is 55.6 Å². The Kier molecular flexibility index (Phi) is 4.49. The van der Waals surface area contributed by atoms with Crippen molar-refractivity contribution >= 4 is 0 Å². The molecule has 2 heterocycles. The van der Waals surface area contributed by atoms with E-state index >= 15 is 0 Å². The maximum atomic E-state index is 4.64. The molecule has 0 amide bonds. The van der Waals surface area contributed by atoms with E-state index in [1.165, 1.54) is 5.56 Å². The zero-order valence-corrected chi connectivity index (χ0v) is 12.9. The molecule has 2 aromatic rings. The molecule has 2 rings (SSSR count). The van der Waals surface area contributed by atoms with Crippen molar-refractivity contribution in [1.29, 1.82) is 0 Å². The summed E-state index contributed by atoms with van der Waals surface area (Å²) in [6.07, 6.45) is 4.53. The van der Waals surface area contributed by atoms with Gasteiger partial charge in [-0.05, 0) is 32.4 Å². The van der Waals surface area contributed by atoms with Gasteiger partial charge in [0.05, 0.1) is 12.5 Å². The molecule has 0 saturated carbocycles. The summed E-state index contributed by atoms with van der Waals surface area (Å²) in [6.45, 7) is 9.37. The molecule has 0 spiro atoms. The largest absolute Gasteiger partial charge is 0.331 e. The third-order valence-electron chi connectivity index (χ3n) is 3.39. The lowest BCUT2D eigenvalue weighted by Gasteiger charge is -2.13. The first-order valence-corrected chi connectivity index (χ1v) is 7.03. The molecule has 0 aliphatic rings. The lowest BCUT2D eigenvalue weighted by atomic mass is 10.1. The highest BCUT2D eigenvalue weighted by Gasteiger charge is 2.12. The van der Waals surface area contributed by atoms with E-state index in [1.54, 1.807) is 12.5 Å². The van der Waals surface area contributed by atoms with Crippen LogP contribution in [0.15, 0.2) is 12.5 Å². The molecule has 0 fully saturated rings. The first kappa shape index (κ1) is 14.7. The van der Waals surface area contributed by atoms with E-state index in [9.17, 15) is 0 Å². The molecular weight excluding hydrogens is 250 g/mol. The number of nitrogens with one attached hydrogen (secondary N) is 1. The van der Waals surface area contributed by atoms with Crippen LogP contribution in [0.4, 0.5) is 0 Å². The van der Waals surface area contributed by atoms with Crippen LogP contribution in [0.1, 0.15) is 30.8 Å². The Hall–Kier alpha value is -1.75. The van der Waals surface area contributed by atoms with Crippen LogP contribution >= 0.6 is 0 Å². The Morgan fingerprint density at radius 1 is 1.20 bits per heavy atom. The van der Waals surface area contributed by atoms with Gasteiger partial charge >= 0.3 is 0 Å². The summed E-state index contributed by atoms with van der Waals surface area (Å²) >= 11 is 0. The van der Waals surface area contributed by atoms with E-state index in [1.807, 2.05) is 11.6 Å². The van der Waals surface area contributed by atoms with Crippen LogP contribution in [0.3, 0.4) is 0 Å². The monoisotopic (exact) mass is 273 g/mol. The van der Waals surface area contributed by atoms with Gasteiger partial charge < -0.3 is 9.88 Å². The smallest absolute Gasteiger partial charge is 0.178 e. The maximum Gasteiger partial charge on any atom is 0.178 e. The number of rotatable bonds is 5. The van der Waals surface area contributed by atoms with Gasteiger partial charge in [-0.1, -0.05) is 13.8 Å². The van der Waals surface area contributed by atoms with Crippen molar-refractivity contribution in [3.8, 4) is 11.5 Å². The molecule has 0 aliphatic carbocycles. The average Bonchev–Trinajstić information content (AvgIpc) is 2.78. The Bertz CT molecular complexity index is 563. The van der Waals surface area contributed by atoms with Gasteiger partial charge in [0.25, 0.3) is 0 Å². The van der Waals surface area contributed by atoms with Crippen molar-refractivity contribution in [2.75, 3.05) is 6.54 Å². The first-order valence-electron chi connectivity index (χ1n) is 7.03. The zero-order valence-electron chi connectivity index (χ0n) is 12.9. The number of aromatic nitrogens is 4. The molecule has 108 valence electrons. The minimum atomic E-state index is 0.505. The summed E-state index contributed by atoms with van der Waals surface area (Å²) in [5.74, 6) is 0.751. The van der Waals surface area contributed by atoms with Crippen LogP contribution in [-0.4, -0.2) is 32.1 Å². The number of aryl methyl sites for hydroxylation is 3. The van der Waals surface area contributed by atoms with Crippen LogP contribution in [0.5, 0.6) is 0 Å². The Morgan fingerprint density at radius 2 is 1.85 bits per heavy atom. The summed E-state index contributed by atoms with van der Waals surface area (Å²) in [7, 11) is 1.96. The van der Waals surface area contributed by atoms with Crippen LogP contribution in [0, 0.1) is 13.8 Å². The van der Waals surface area contributed by atoms with Gasteiger partial charge in [0.15, 0.2) is 5.82 Å². The quantitative estimate of drug-likeness (QED) is 0.905. The third kappa shape index (κ3) is 3.22. The van der Waals surface area contributed by atoms with E-state index in [4.69, 9.17) is 0 Å². The molecule has 2 aromatic heterocycles. The normalized spacial score (nSPS) is 11.3. The minimum absolute atomic E-state index is 0.505. The molecular formula is C15H23N5. The second-order valence-corrected chi connectivity index (χ2v) is 5.45. The molecule has 0 atom stereocenters. The Morgan fingerprint density at radius 3 is 2.35 bits per heavy atom. The number of hydrogen-bond donors (Lipinski definition) is 1. The van der Waals surface area contributed by atoms with Gasteiger partial charge in [0.2, 0.25) is 0 Å². The van der Waals surface area contributed by atoms with Gasteiger partial charge in [-0.25, -0.2) is 15.0 Å². The fourth-order valence-corrected chi connectivity index (χ4v) is 2.27. The Balaban J connectivity index is 2.23. The van der Waals surface area contributed by atoms with E-state index in [-0.39, 0.29) is 0 Å². The van der Waals surface area contributed by atoms with Gasteiger partial charge in [-0.3, -0.25) is 0 Å². The highest BCUT2D eigenvalue weighted by molar-refractivity contribution is 5.50.